The van der Waals surface area contributed by atoms with Crippen LogP contribution in [0.4, 0.5) is 22.9 Å². The number of anilines is 4. The number of allylic oxidation sites excluding steroid dienone is 4. The fourth-order valence-electron chi connectivity index (χ4n) is 8.39. The number of benzene rings is 3. The Labute approximate surface area is 269 Å². The van der Waals surface area contributed by atoms with E-state index in [1.807, 2.05) is 12.3 Å². The zero-order valence-electron chi connectivity index (χ0n) is 26.3. The Morgan fingerprint density at radius 3 is 2.33 bits per heavy atom. The molecular formula is C39H33N7. The van der Waals surface area contributed by atoms with E-state index in [-0.39, 0.29) is 23.2 Å². The summed E-state index contributed by atoms with van der Waals surface area (Å²) in [6, 6.07) is 29.7. The predicted molar refractivity (Wildman–Crippen MR) is 184 cm³/mol. The Balaban J connectivity index is 1.20. The van der Waals surface area contributed by atoms with E-state index in [9.17, 15) is 0 Å². The third-order valence-electron chi connectivity index (χ3n) is 10.7. The molecule has 0 radical (unpaired) electrons. The second-order valence-corrected chi connectivity index (χ2v) is 12.9. The summed E-state index contributed by atoms with van der Waals surface area (Å²) < 4.78 is 0. The van der Waals surface area contributed by atoms with Gasteiger partial charge in [-0.25, -0.2) is 15.0 Å². The number of rotatable bonds is 4. The Morgan fingerprint density at radius 2 is 1.52 bits per heavy atom. The molecular weight excluding hydrogens is 566 g/mol. The Bertz CT molecular complexity index is 2120. The van der Waals surface area contributed by atoms with E-state index in [1.165, 1.54) is 16.7 Å². The molecule has 0 spiro atoms. The molecule has 3 aromatic carbocycles. The summed E-state index contributed by atoms with van der Waals surface area (Å²) in [5.41, 5.74) is 15.1. The van der Waals surface area contributed by atoms with Crippen LogP contribution in [-0.2, 0) is 0 Å². The van der Waals surface area contributed by atoms with E-state index in [0.717, 1.165) is 40.0 Å². The van der Waals surface area contributed by atoms with Crippen LogP contribution in [0.5, 0.6) is 0 Å². The fourth-order valence-corrected chi connectivity index (χ4v) is 8.39. The number of hydrogen-bond acceptors (Lipinski definition) is 7. The largest absolute Gasteiger partial charge is 0.336 e. The van der Waals surface area contributed by atoms with Gasteiger partial charge in [-0.2, -0.15) is 5.10 Å². The smallest absolute Gasteiger partial charge is 0.162 e. The van der Waals surface area contributed by atoms with Crippen molar-refractivity contribution in [1.82, 2.24) is 9.97 Å². The van der Waals surface area contributed by atoms with Gasteiger partial charge in [0.25, 0.3) is 0 Å². The monoisotopic (exact) mass is 599 g/mol. The molecule has 0 fully saturated rings. The molecule has 4 heterocycles. The van der Waals surface area contributed by atoms with Crippen LogP contribution in [0.2, 0.25) is 0 Å². The highest BCUT2D eigenvalue weighted by Gasteiger charge is 2.67. The Morgan fingerprint density at radius 1 is 0.804 bits per heavy atom. The van der Waals surface area contributed by atoms with E-state index in [2.05, 4.69) is 161 Å². The fraction of sp³-hybridized carbons (Fsp3) is 0.205. The summed E-state index contributed by atoms with van der Waals surface area (Å²) in [5.74, 6) is 1.88. The minimum atomic E-state index is -0.316. The number of amidine groups is 1. The molecule has 0 bridgehead atoms. The van der Waals surface area contributed by atoms with Crippen LogP contribution in [0, 0.1) is 10.8 Å². The van der Waals surface area contributed by atoms with Crippen molar-refractivity contribution in [1.29, 1.82) is 0 Å². The van der Waals surface area contributed by atoms with Gasteiger partial charge in [0, 0.05) is 40.8 Å². The molecule has 7 nitrogen and oxygen atoms in total. The molecule has 0 saturated heterocycles. The third kappa shape index (κ3) is 3.31. The summed E-state index contributed by atoms with van der Waals surface area (Å²) in [4.78, 5) is 16.1. The van der Waals surface area contributed by atoms with E-state index in [4.69, 9.17) is 10.1 Å². The van der Waals surface area contributed by atoms with Crippen molar-refractivity contribution in [3.05, 3.63) is 150 Å². The van der Waals surface area contributed by atoms with Gasteiger partial charge in [-0.05, 0) is 42.3 Å². The van der Waals surface area contributed by atoms with Crippen molar-refractivity contribution in [2.45, 2.75) is 33.1 Å². The van der Waals surface area contributed by atoms with Gasteiger partial charge in [-0.1, -0.05) is 98.1 Å². The van der Waals surface area contributed by atoms with Gasteiger partial charge in [0.15, 0.2) is 11.7 Å². The first-order chi connectivity index (χ1) is 22.4. The summed E-state index contributed by atoms with van der Waals surface area (Å²) in [7, 11) is 2.15. The topological polar surface area (TPSA) is 51.1 Å². The molecule has 0 saturated carbocycles. The lowest BCUT2D eigenvalue weighted by Gasteiger charge is -2.64. The average molecular weight is 600 g/mol. The summed E-state index contributed by atoms with van der Waals surface area (Å²) in [5, 5.41) is 7.55. The van der Waals surface area contributed by atoms with E-state index < -0.39 is 0 Å². The Kier molecular flexibility index (Phi) is 5.50. The van der Waals surface area contributed by atoms with Crippen molar-refractivity contribution in [3.8, 4) is 0 Å². The van der Waals surface area contributed by atoms with Crippen molar-refractivity contribution in [2.24, 2.45) is 15.9 Å². The highest BCUT2D eigenvalue weighted by molar-refractivity contribution is 6.12. The molecule has 1 aromatic heterocycles. The Hall–Kier alpha value is -5.61. The van der Waals surface area contributed by atoms with Crippen LogP contribution in [0.1, 0.15) is 31.9 Å². The van der Waals surface area contributed by atoms with E-state index >= 15 is 0 Å². The molecule has 4 aromatic rings. The molecule has 224 valence electrons. The molecule has 9 rings (SSSR count). The van der Waals surface area contributed by atoms with Gasteiger partial charge >= 0.3 is 0 Å². The maximum Gasteiger partial charge on any atom is 0.162 e. The van der Waals surface area contributed by atoms with Crippen molar-refractivity contribution in [3.63, 3.8) is 0 Å². The number of aromatic nitrogens is 2. The molecule has 4 unspecified atom stereocenters. The van der Waals surface area contributed by atoms with Crippen LogP contribution in [0.15, 0.2) is 144 Å². The van der Waals surface area contributed by atoms with Crippen molar-refractivity contribution >= 4 is 34.3 Å². The maximum atomic E-state index is 5.36. The van der Waals surface area contributed by atoms with E-state index in [1.54, 1.807) is 6.33 Å². The number of hydrazone groups is 1. The van der Waals surface area contributed by atoms with Crippen LogP contribution >= 0.6 is 0 Å². The SMILES string of the molecule is CC1N(c2ccccc2C2=CC3(C)C4N(C)c5ncncc5N4C4=C(C=C=C=C4)C23C)N=C(c2ccccc2)N1c1ccccc1. The first-order valence-electron chi connectivity index (χ1n) is 15.8. The van der Waals surface area contributed by atoms with Crippen LogP contribution in [0.3, 0.4) is 0 Å². The maximum absolute atomic E-state index is 5.36. The van der Waals surface area contributed by atoms with Crippen LogP contribution in [-0.4, -0.2) is 35.2 Å². The van der Waals surface area contributed by atoms with Crippen molar-refractivity contribution in [2.75, 3.05) is 26.8 Å². The molecule has 0 amide bonds. The average Bonchev–Trinajstić information content (AvgIpc) is 3.61. The third-order valence-corrected chi connectivity index (χ3v) is 10.7. The second kappa shape index (κ2) is 9.45. The normalized spacial score (nSPS) is 26.8. The van der Waals surface area contributed by atoms with E-state index in [0.29, 0.717) is 0 Å². The van der Waals surface area contributed by atoms with Crippen LogP contribution < -0.4 is 19.7 Å². The predicted octanol–water partition coefficient (Wildman–Crippen LogP) is 7.35. The molecule has 2 aliphatic carbocycles. The summed E-state index contributed by atoms with van der Waals surface area (Å²) in [6.45, 7) is 7.01. The van der Waals surface area contributed by atoms with Crippen LogP contribution in [0.25, 0.3) is 5.57 Å². The molecule has 7 heteroatoms. The minimum absolute atomic E-state index is 0.0328. The molecule has 3 aliphatic heterocycles. The van der Waals surface area contributed by atoms with Gasteiger partial charge in [0.2, 0.25) is 0 Å². The highest BCUT2D eigenvalue weighted by Crippen LogP contribution is 2.71. The summed E-state index contributed by atoms with van der Waals surface area (Å²) in [6.07, 6.45) is 10.2. The minimum Gasteiger partial charge on any atom is -0.336 e. The number of nitrogens with zero attached hydrogens (tertiary/aromatic N) is 7. The number of para-hydroxylation sites is 2. The molecule has 4 atom stereocenters. The number of hydrogen-bond donors (Lipinski definition) is 0. The lowest BCUT2D eigenvalue weighted by atomic mass is 9.45. The van der Waals surface area contributed by atoms with Gasteiger partial charge < -0.3 is 14.7 Å². The van der Waals surface area contributed by atoms with Gasteiger partial charge in [0.05, 0.1) is 17.6 Å². The zero-order valence-corrected chi connectivity index (χ0v) is 26.3. The lowest BCUT2D eigenvalue weighted by molar-refractivity contribution is 0.146. The van der Waals surface area contributed by atoms with Gasteiger partial charge in [-0.15, -0.1) is 0 Å². The summed E-state index contributed by atoms with van der Waals surface area (Å²) >= 11 is 0. The lowest BCUT2D eigenvalue weighted by Crippen LogP contribution is -2.65. The molecule has 5 aliphatic rings. The second-order valence-electron chi connectivity index (χ2n) is 12.9. The van der Waals surface area contributed by atoms with Crippen molar-refractivity contribution < 1.29 is 0 Å². The quantitative estimate of drug-likeness (QED) is 0.229. The highest BCUT2D eigenvalue weighted by atomic mass is 15.6. The van der Waals surface area contributed by atoms with Gasteiger partial charge in [-0.3, -0.25) is 0 Å². The molecule has 46 heavy (non-hydrogen) atoms. The molecule has 0 N–H and O–H groups in total. The number of fused-ring (bicyclic) bond motifs is 7. The first kappa shape index (κ1) is 26.8. The zero-order chi connectivity index (χ0) is 31.2. The van der Waals surface area contributed by atoms with Gasteiger partial charge in [0.1, 0.15) is 24.3 Å². The first-order valence-corrected chi connectivity index (χ1v) is 15.8. The standard InChI is InChI=1S/C39H33N7/c1-26-44(28-17-9-6-10-18-28)35(27-15-7-5-8-16-27)42-46(26)32-21-13-11-19-29(32)31-23-38(2)37-43(4)36-34(24-40-25-41-36)45(37)33-22-14-12-20-30(33)39(31,38)3/h5-11,13,15-26,37H,1-4H3.